The molecule has 0 bridgehead atoms. The van der Waals surface area contributed by atoms with E-state index in [9.17, 15) is 14.0 Å². The third-order valence-electron chi connectivity index (χ3n) is 3.83. The molecule has 0 spiro atoms. The SMILES string of the molecule is Cc1cc2ccccc2cc1N(CP(O)O)S(=O)c1cc(Cl)cc(Cl)c1. The largest absolute Gasteiger partial charge is 0.349 e. The van der Waals surface area contributed by atoms with Crippen molar-refractivity contribution < 1.29 is 14.0 Å². The molecule has 2 N–H and O–H groups in total. The summed E-state index contributed by atoms with van der Waals surface area (Å²) in [5.41, 5.74) is 1.54. The summed E-state index contributed by atoms with van der Waals surface area (Å²) in [7, 11) is -4.00. The van der Waals surface area contributed by atoms with Gasteiger partial charge in [0.05, 0.1) is 10.6 Å². The molecular formula is C18H16Cl2NO3PS. The van der Waals surface area contributed by atoms with Crippen LogP contribution in [0.1, 0.15) is 5.56 Å². The van der Waals surface area contributed by atoms with Crippen LogP contribution >= 0.6 is 31.6 Å². The molecule has 0 saturated carbocycles. The number of fused-ring (bicyclic) bond motifs is 1. The summed E-state index contributed by atoms with van der Waals surface area (Å²) in [6, 6.07) is 16.4. The van der Waals surface area contributed by atoms with Gasteiger partial charge in [-0.2, -0.15) is 0 Å². The zero-order valence-corrected chi connectivity index (χ0v) is 17.0. The summed E-state index contributed by atoms with van der Waals surface area (Å²) >= 11 is 12.1. The minimum atomic E-state index is -2.29. The molecule has 0 aliphatic carbocycles. The molecule has 0 fully saturated rings. The van der Waals surface area contributed by atoms with Crippen molar-refractivity contribution in [1.29, 1.82) is 0 Å². The summed E-state index contributed by atoms with van der Waals surface area (Å²) in [6.45, 7) is 1.90. The Labute approximate surface area is 165 Å². The van der Waals surface area contributed by atoms with Crippen molar-refractivity contribution in [3.8, 4) is 0 Å². The molecule has 3 aromatic carbocycles. The zero-order valence-electron chi connectivity index (χ0n) is 13.8. The van der Waals surface area contributed by atoms with E-state index in [2.05, 4.69) is 0 Å². The van der Waals surface area contributed by atoms with Crippen LogP contribution in [0, 0.1) is 6.92 Å². The quantitative estimate of drug-likeness (QED) is 0.547. The van der Waals surface area contributed by atoms with Crippen LogP contribution in [0.5, 0.6) is 0 Å². The van der Waals surface area contributed by atoms with Crippen molar-refractivity contribution >= 4 is 59.0 Å². The lowest BCUT2D eigenvalue weighted by Crippen LogP contribution is -2.27. The summed E-state index contributed by atoms with van der Waals surface area (Å²) in [5.74, 6) is 0. The molecule has 0 radical (unpaired) electrons. The smallest absolute Gasteiger partial charge is 0.187 e. The summed E-state index contributed by atoms with van der Waals surface area (Å²) in [6.07, 6.45) is -0.161. The molecule has 0 aliphatic rings. The highest BCUT2D eigenvalue weighted by atomic mass is 35.5. The topological polar surface area (TPSA) is 60.8 Å². The molecule has 0 saturated heterocycles. The number of hydrogen-bond acceptors (Lipinski definition) is 3. The molecule has 4 nitrogen and oxygen atoms in total. The summed E-state index contributed by atoms with van der Waals surface area (Å²) in [4.78, 5) is 19.6. The predicted octanol–water partition coefficient (Wildman–Crippen LogP) is 5.24. The van der Waals surface area contributed by atoms with Gasteiger partial charge in [0.2, 0.25) is 0 Å². The Morgan fingerprint density at radius 3 is 2.15 bits per heavy atom. The maximum absolute atomic E-state index is 13.2. The fourth-order valence-electron chi connectivity index (χ4n) is 2.70. The van der Waals surface area contributed by atoms with Crippen LogP contribution in [0.15, 0.2) is 59.5 Å². The molecule has 136 valence electrons. The first-order chi connectivity index (χ1) is 12.3. The van der Waals surface area contributed by atoms with E-state index in [0.717, 1.165) is 16.3 Å². The molecular weight excluding hydrogens is 412 g/mol. The molecule has 1 atom stereocenters. The van der Waals surface area contributed by atoms with Crippen LogP contribution in [0.3, 0.4) is 0 Å². The fourth-order valence-corrected chi connectivity index (χ4v) is 5.55. The Morgan fingerprint density at radius 2 is 1.58 bits per heavy atom. The number of hydrogen-bond donors (Lipinski definition) is 2. The van der Waals surface area contributed by atoms with Crippen LogP contribution < -0.4 is 4.31 Å². The van der Waals surface area contributed by atoms with E-state index in [4.69, 9.17) is 23.2 Å². The highest BCUT2D eigenvalue weighted by molar-refractivity contribution is 7.86. The van der Waals surface area contributed by atoms with E-state index in [-0.39, 0.29) is 6.29 Å². The van der Waals surface area contributed by atoms with Crippen LogP contribution in [0.4, 0.5) is 5.69 Å². The maximum Gasteiger partial charge on any atom is 0.187 e. The van der Waals surface area contributed by atoms with Crippen LogP contribution in [0.2, 0.25) is 10.0 Å². The Morgan fingerprint density at radius 1 is 1.00 bits per heavy atom. The normalized spacial score (nSPS) is 12.5. The Hall–Kier alpha value is -1.20. The van der Waals surface area contributed by atoms with Gasteiger partial charge in [-0.1, -0.05) is 47.5 Å². The third kappa shape index (κ3) is 4.37. The standard InChI is InChI=1S/C18H16Cl2NO3PS/c1-12-6-13-4-2-3-5-14(13)7-18(12)21(11-25(22)23)26(24)17-9-15(19)8-16(20)10-17/h2-10,22-23H,11H2,1H3. The lowest BCUT2D eigenvalue weighted by molar-refractivity contribution is 0.483. The molecule has 0 aromatic heterocycles. The van der Waals surface area contributed by atoms with Crippen molar-refractivity contribution in [2.75, 3.05) is 10.6 Å². The van der Waals surface area contributed by atoms with Gasteiger partial charge in [-0.15, -0.1) is 0 Å². The number of anilines is 1. The molecule has 0 aliphatic heterocycles. The van der Waals surface area contributed by atoms with E-state index >= 15 is 0 Å². The molecule has 26 heavy (non-hydrogen) atoms. The highest BCUT2D eigenvalue weighted by Crippen LogP contribution is 2.35. The van der Waals surface area contributed by atoms with E-state index in [0.29, 0.717) is 20.6 Å². The Kier molecular flexibility index (Phi) is 6.18. The van der Waals surface area contributed by atoms with Gasteiger partial charge < -0.3 is 9.79 Å². The number of benzene rings is 3. The number of aryl methyl sites for hydroxylation is 1. The zero-order chi connectivity index (χ0) is 18.8. The molecule has 0 amide bonds. The Balaban J connectivity index is 2.11. The predicted molar refractivity (Wildman–Crippen MR) is 110 cm³/mol. The number of rotatable bonds is 5. The van der Waals surface area contributed by atoms with Gasteiger partial charge in [-0.05, 0) is 53.6 Å². The molecule has 1 unspecified atom stereocenters. The fraction of sp³-hybridized carbons (Fsp3) is 0.111. The second kappa shape index (κ2) is 8.22. The van der Waals surface area contributed by atoms with E-state index < -0.39 is 19.4 Å². The van der Waals surface area contributed by atoms with Gasteiger partial charge in [-0.25, -0.2) is 4.21 Å². The lowest BCUT2D eigenvalue weighted by Gasteiger charge is -2.26. The summed E-state index contributed by atoms with van der Waals surface area (Å²) in [5, 5.41) is 2.76. The number of nitrogens with zero attached hydrogens (tertiary/aromatic N) is 1. The first-order valence-corrected chi connectivity index (χ1v) is 10.9. The first kappa shape index (κ1) is 19.6. The lowest BCUT2D eigenvalue weighted by atomic mass is 10.1. The van der Waals surface area contributed by atoms with Gasteiger partial charge >= 0.3 is 0 Å². The van der Waals surface area contributed by atoms with Crippen LogP contribution in [0.25, 0.3) is 10.8 Å². The summed E-state index contributed by atoms with van der Waals surface area (Å²) < 4.78 is 14.6. The van der Waals surface area contributed by atoms with Crippen molar-refractivity contribution in [3.05, 3.63) is 70.2 Å². The van der Waals surface area contributed by atoms with Crippen molar-refractivity contribution in [3.63, 3.8) is 0 Å². The van der Waals surface area contributed by atoms with Gasteiger partial charge in [0.1, 0.15) is 6.29 Å². The van der Waals surface area contributed by atoms with E-state index in [1.165, 1.54) is 4.31 Å². The van der Waals surface area contributed by atoms with Crippen molar-refractivity contribution in [2.24, 2.45) is 0 Å². The van der Waals surface area contributed by atoms with Gasteiger partial charge in [0.25, 0.3) is 0 Å². The minimum absolute atomic E-state index is 0.161. The van der Waals surface area contributed by atoms with Gasteiger partial charge in [-0.3, -0.25) is 4.31 Å². The van der Waals surface area contributed by atoms with Gasteiger partial charge in [0.15, 0.2) is 19.4 Å². The third-order valence-corrected chi connectivity index (χ3v) is 6.35. The molecule has 0 heterocycles. The molecule has 8 heteroatoms. The van der Waals surface area contributed by atoms with Crippen molar-refractivity contribution in [1.82, 2.24) is 0 Å². The second-order valence-electron chi connectivity index (χ2n) is 5.73. The average molecular weight is 428 g/mol. The second-order valence-corrected chi connectivity index (χ2v) is 9.04. The van der Waals surface area contributed by atoms with Crippen molar-refractivity contribution in [2.45, 2.75) is 11.8 Å². The maximum atomic E-state index is 13.2. The minimum Gasteiger partial charge on any atom is -0.349 e. The van der Waals surface area contributed by atoms with Crippen LogP contribution in [-0.2, 0) is 11.0 Å². The number of halogens is 2. The highest BCUT2D eigenvalue weighted by Gasteiger charge is 2.22. The molecule has 3 rings (SSSR count). The van der Waals surface area contributed by atoms with Gasteiger partial charge in [0, 0.05) is 10.0 Å². The molecule has 3 aromatic rings. The van der Waals surface area contributed by atoms with E-state index in [1.54, 1.807) is 18.2 Å². The van der Waals surface area contributed by atoms with E-state index in [1.807, 2.05) is 43.3 Å². The monoisotopic (exact) mass is 427 g/mol. The van der Waals surface area contributed by atoms with Crippen LogP contribution in [-0.4, -0.2) is 20.3 Å². The Bertz CT molecular complexity index is 964. The first-order valence-electron chi connectivity index (χ1n) is 7.65. The average Bonchev–Trinajstić information content (AvgIpc) is 2.57.